The largest absolute Gasteiger partial charge is 0.496 e. The van der Waals surface area contributed by atoms with E-state index in [0.29, 0.717) is 16.3 Å². The average molecular weight is 417 g/mol. The Morgan fingerprint density at radius 3 is 2.59 bits per heavy atom. The summed E-state index contributed by atoms with van der Waals surface area (Å²) in [5.41, 5.74) is 1.62. The van der Waals surface area contributed by atoms with Crippen molar-refractivity contribution in [3.8, 4) is 5.75 Å². The van der Waals surface area contributed by atoms with Gasteiger partial charge in [0.25, 0.3) is 5.91 Å². The van der Waals surface area contributed by atoms with Gasteiger partial charge < -0.3 is 19.5 Å². The first-order valence-electron chi connectivity index (χ1n) is 9.46. The summed E-state index contributed by atoms with van der Waals surface area (Å²) in [5.74, 6) is -1.24. The predicted octanol–water partition coefficient (Wildman–Crippen LogP) is 3.61. The molecular formula is C21H23NO6S. The molecule has 0 spiro atoms. The third-order valence-electron chi connectivity index (χ3n) is 4.57. The zero-order valence-corrected chi connectivity index (χ0v) is 17.2. The molecule has 1 N–H and O–H groups in total. The molecule has 0 radical (unpaired) electrons. The van der Waals surface area contributed by atoms with Crippen LogP contribution in [0.4, 0.5) is 5.00 Å². The maximum absolute atomic E-state index is 12.4. The molecule has 0 unspecified atom stereocenters. The number of carbonyl (C=O) groups is 3. The van der Waals surface area contributed by atoms with Gasteiger partial charge in [-0.15, -0.1) is 11.3 Å². The monoisotopic (exact) mass is 417 g/mol. The number of methoxy groups -OCH3 is 1. The second-order valence-corrected chi connectivity index (χ2v) is 7.57. The van der Waals surface area contributed by atoms with Crippen LogP contribution in [-0.2, 0) is 27.1 Å². The highest BCUT2D eigenvalue weighted by Crippen LogP contribution is 2.38. The number of para-hydroxylation sites is 1. The highest BCUT2D eigenvalue weighted by atomic mass is 32.1. The number of thiophene rings is 1. The minimum atomic E-state index is -0.659. The van der Waals surface area contributed by atoms with Gasteiger partial charge in [0, 0.05) is 4.88 Å². The highest BCUT2D eigenvalue weighted by Gasteiger charge is 2.27. The number of aryl methyl sites for hydroxylation is 1. The quantitative estimate of drug-likeness (QED) is 0.692. The molecule has 0 atom stereocenters. The molecule has 1 heterocycles. The van der Waals surface area contributed by atoms with Crippen molar-refractivity contribution in [1.82, 2.24) is 0 Å². The van der Waals surface area contributed by atoms with E-state index in [1.807, 2.05) is 0 Å². The number of nitrogens with one attached hydrogen (secondary N) is 1. The number of hydrogen-bond acceptors (Lipinski definition) is 7. The summed E-state index contributed by atoms with van der Waals surface area (Å²) in [4.78, 5) is 38.2. The molecule has 0 bridgehead atoms. The fourth-order valence-electron chi connectivity index (χ4n) is 3.26. The van der Waals surface area contributed by atoms with Crippen molar-refractivity contribution in [3.05, 3.63) is 45.8 Å². The summed E-state index contributed by atoms with van der Waals surface area (Å²) in [6.07, 6.45) is 3.73. The predicted molar refractivity (Wildman–Crippen MR) is 109 cm³/mol. The maximum Gasteiger partial charge on any atom is 0.342 e. The fourth-order valence-corrected chi connectivity index (χ4v) is 4.55. The molecule has 1 aromatic heterocycles. The van der Waals surface area contributed by atoms with E-state index in [1.165, 1.54) is 18.4 Å². The molecule has 29 heavy (non-hydrogen) atoms. The van der Waals surface area contributed by atoms with E-state index >= 15 is 0 Å². The number of benzene rings is 1. The Balaban J connectivity index is 1.70. The molecule has 1 amide bonds. The SMILES string of the molecule is CCOC(=O)c1c(NC(=O)COC(=O)c2ccccc2OC)sc2c1CCCC2. The van der Waals surface area contributed by atoms with Gasteiger partial charge in [0.2, 0.25) is 0 Å². The van der Waals surface area contributed by atoms with E-state index in [4.69, 9.17) is 14.2 Å². The Morgan fingerprint density at radius 2 is 1.83 bits per heavy atom. The Labute approximate surface area is 173 Å². The van der Waals surface area contributed by atoms with Gasteiger partial charge in [0.1, 0.15) is 16.3 Å². The second-order valence-electron chi connectivity index (χ2n) is 6.46. The van der Waals surface area contributed by atoms with Crippen LogP contribution < -0.4 is 10.1 Å². The first-order valence-corrected chi connectivity index (χ1v) is 10.3. The maximum atomic E-state index is 12.4. The van der Waals surface area contributed by atoms with E-state index in [9.17, 15) is 14.4 Å². The Kier molecular flexibility index (Phi) is 6.87. The number of fused-ring (bicyclic) bond motifs is 1. The molecule has 154 valence electrons. The molecule has 0 aliphatic heterocycles. The molecule has 0 saturated heterocycles. The van der Waals surface area contributed by atoms with E-state index in [-0.39, 0.29) is 12.2 Å². The van der Waals surface area contributed by atoms with E-state index in [1.54, 1.807) is 31.2 Å². The van der Waals surface area contributed by atoms with Gasteiger partial charge >= 0.3 is 11.9 Å². The van der Waals surface area contributed by atoms with Gasteiger partial charge in [-0.2, -0.15) is 0 Å². The summed E-state index contributed by atoms with van der Waals surface area (Å²) >= 11 is 1.39. The first-order chi connectivity index (χ1) is 14.0. The number of amides is 1. The van der Waals surface area contributed by atoms with Crippen molar-refractivity contribution in [2.24, 2.45) is 0 Å². The molecule has 1 aliphatic carbocycles. The topological polar surface area (TPSA) is 90.9 Å². The zero-order chi connectivity index (χ0) is 20.8. The van der Waals surface area contributed by atoms with Gasteiger partial charge in [0.15, 0.2) is 6.61 Å². The fraction of sp³-hybridized carbons (Fsp3) is 0.381. The van der Waals surface area contributed by atoms with Crippen molar-refractivity contribution >= 4 is 34.2 Å². The van der Waals surface area contributed by atoms with Crippen molar-refractivity contribution in [1.29, 1.82) is 0 Å². The van der Waals surface area contributed by atoms with Gasteiger partial charge in [0.05, 0.1) is 19.3 Å². The Hall–Kier alpha value is -2.87. The number of esters is 2. The van der Waals surface area contributed by atoms with Crippen LogP contribution in [0.3, 0.4) is 0 Å². The van der Waals surface area contributed by atoms with E-state index in [0.717, 1.165) is 36.1 Å². The molecule has 0 saturated carbocycles. The molecule has 1 aromatic carbocycles. The van der Waals surface area contributed by atoms with Crippen molar-refractivity contribution in [3.63, 3.8) is 0 Å². The lowest BCUT2D eigenvalue weighted by Gasteiger charge is -2.12. The normalized spacial score (nSPS) is 12.6. The standard InChI is InChI=1S/C21H23NO6S/c1-3-27-21(25)18-14-9-5-7-11-16(14)29-19(18)22-17(23)12-28-20(24)13-8-4-6-10-15(13)26-2/h4,6,8,10H,3,5,7,9,11-12H2,1-2H3,(H,22,23). The summed E-state index contributed by atoms with van der Waals surface area (Å²) in [5, 5.41) is 3.17. The van der Waals surface area contributed by atoms with Crippen molar-refractivity contribution < 1.29 is 28.6 Å². The smallest absolute Gasteiger partial charge is 0.342 e. The average Bonchev–Trinajstić information content (AvgIpc) is 3.09. The number of ether oxygens (including phenoxy) is 3. The lowest BCUT2D eigenvalue weighted by Crippen LogP contribution is -2.22. The first kappa shape index (κ1) is 20.9. The summed E-state index contributed by atoms with van der Waals surface area (Å²) in [6.45, 7) is 1.53. The van der Waals surface area contributed by atoms with Gasteiger partial charge in [-0.3, -0.25) is 4.79 Å². The van der Waals surface area contributed by atoms with E-state index < -0.39 is 24.5 Å². The molecule has 0 fully saturated rings. The number of carbonyl (C=O) groups excluding carboxylic acids is 3. The third-order valence-corrected chi connectivity index (χ3v) is 5.77. The molecule has 2 aromatic rings. The van der Waals surface area contributed by atoms with Crippen molar-refractivity contribution in [2.75, 3.05) is 25.6 Å². The number of hydrogen-bond donors (Lipinski definition) is 1. The van der Waals surface area contributed by atoms with Crippen LogP contribution in [-0.4, -0.2) is 38.2 Å². The van der Waals surface area contributed by atoms with Gasteiger partial charge in [-0.25, -0.2) is 9.59 Å². The van der Waals surface area contributed by atoms with Gasteiger partial charge in [-0.05, 0) is 50.3 Å². The van der Waals surface area contributed by atoms with E-state index in [2.05, 4.69) is 5.32 Å². The molecule has 3 rings (SSSR count). The van der Waals surface area contributed by atoms with Crippen molar-refractivity contribution in [2.45, 2.75) is 32.6 Å². The highest BCUT2D eigenvalue weighted by molar-refractivity contribution is 7.17. The van der Waals surface area contributed by atoms with Crippen LogP contribution in [0.2, 0.25) is 0 Å². The minimum Gasteiger partial charge on any atom is -0.496 e. The van der Waals surface area contributed by atoms with Crippen LogP contribution in [0.25, 0.3) is 0 Å². The summed E-state index contributed by atoms with van der Waals surface area (Å²) in [6, 6.07) is 6.61. The van der Waals surface area contributed by atoms with Crippen LogP contribution in [0.15, 0.2) is 24.3 Å². The Bertz CT molecular complexity index is 920. The third kappa shape index (κ3) is 4.76. The molecular weight excluding hydrogens is 394 g/mol. The minimum absolute atomic E-state index is 0.238. The van der Waals surface area contributed by atoms with Crippen LogP contribution in [0.5, 0.6) is 5.75 Å². The lowest BCUT2D eigenvalue weighted by atomic mass is 9.95. The zero-order valence-electron chi connectivity index (χ0n) is 16.4. The van der Waals surface area contributed by atoms with Crippen LogP contribution >= 0.6 is 11.3 Å². The number of rotatable bonds is 7. The van der Waals surface area contributed by atoms with Crippen LogP contribution in [0.1, 0.15) is 50.9 Å². The second kappa shape index (κ2) is 9.56. The van der Waals surface area contributed by atoms with Gasteiger partial charge in [-0.1, -0.05) is 12.1 Å². The Morgan fingerprint density at radius 1 is 1.07 bits per heavy atom. The summed E-state index contributed by atoms with van der Waals surface area (Å²) in [7, 11) is 1.45. The number of anilines is 1. The summed E-state index contributed by atoms with van der Waals surface area (Å²) < 4.78 is 15.4. The lowest BCUT2D eigenvalue weighted by molar-refractivity contribution is -0.119. The molecule has 7 nitrogen and oxygen atoms in total. The van der Waals surface area contributed by atoms with Crippen LogP contribution in [0, 0.1) is 0 Å². The molecule has 8 heteroatoms. The molecule has 1 aliphatic rings.